The van der Waals surface area contributed by atoms with E-state index >= 15 is 0 Å². The maximum absolute atomic E-state index is 11.0. The maximum Gasteiger partial charge on any atom is 0.282 e. The zero-order valence-corrected chi connectivity index (χ0v) is 12.1. The lowest BCUT2D eigenvalue weighted by molar-refractivity contribution is -0.387. The Morgan fingerprint density at radius 2 is 2.00 bits per heavy atom. The SMILES string of the molecule is NCC#Cc1cccc(CSc2ccccc2[N+](=O)[O-])c1. The lowest BCUT2D eigenvalue weighted by Crippen LogP contribution is -1.93. The van der Waals surface area contributed by atoms with E-state index in [2.05, 4.69) is 11.8 Å². The van der Waals surface area contributed by atoms with Crippen LogP contribution in [0, 0.1) is 22.0 Å². The first-order valence-corrected chi connectivity index (χ1v) is 7.33. The minimum atomic E-state index is -0.356. The summed E-state index contributed by atoms with van der Waals surface area (Å²) in [6, 6.07) is 14.6. The third-order valence-corrected chi connectivity index (χ3v) is 3.85. The fraction of sp³-hybridized carbons (Fsp3) is 0.125. The number of nitro benzene ring substituents is 1. The molecule has 0 radical (unpaired) electrons. The van der Waals surface area contributed by atoms with Crippen molar-refractivity contribution in [1.82, 2.24) is 0 Å². The van der Waals surface area contributed by atoms with E-state index in [-0.39, 0.29) is 10.6 Å². The van der Waals surface area contributed by atoms with Gasteiger partial charge in [0.25, 0.3) is 5.69 Å². The van der Waals surface area contributed by atoms with Crippen molar-refractivity contribution in [3.8, 4) is 11.8 Å². The van der Waals surface area contributed by atoms with Gasteiger partial charge in [0.15, 0.2) is 0 Å². The molecule has 0 atom stereocenters. The van der Waals surface area contributed by atoms with E-state index in [1.165, 1.54) is 17.8 Å². The zero-order chi connectivity index (χ0) is 15.1. The van der Waals surface area contributed by atoms with Crippen molar-refractivity contribution in [2.24, 2.45) is 5.73 Å². The van der Waals surface area contributed by atoms with Crippen LogP contribution in [0.3, 0.4) is 0 Å². The smallest absolute Gasteiger partial charge is 0.282 e. The van der Waals surface area contributed by atoms with Gasteiger partial charge in [0.05, 0.1) is 16.4 Å². The first kappa shape index (κ1) is 15.1. The molecule has 21 heavy (non-hydrogen) atoms. The summed E-state index contributed by atoms with van der Waals surface area (Å²) in [5.74, 6) is 6.45. The topological polar surface area (TPSA) is 69.2 Å². The van der Waals surface area contributed by atoms with Crippen LogP contribution < -0.4 is 5.73 Å². The van der Waals surface area contributed by atoms with E-state index in [4.69, 9.17) is 5.73 Å². The summed E-state index contributed by atoms with van der Waals surface area (Å²) in [6.07, 6.45) is 0. The highest BCUT2D eigenvalue weighted by molar-refractivity contribution is 7.98. The van der Waals surface area contributed by atoms with Gasteiger partial charge in [0.2, 0.25) is 0 Å². The third-order valence-electron chi connectivity index (χ3n) is 2.72. The highest BCUT2D eigenvalue weighted by Crippen LogP contribution is 2.31. The van der Waals surface area contributed by atoms with Gasteiger partial charge in [-0.2, -0.15) is 0 Å². The lowest BCUT2D eigenvalue weighted by Gasteiger charge is -2.03. The summed E-state index contributed by atoms with van der Waals surface area (Å²) in [5.41, 5.74) is 7.47. The van der Waals surface area contributed by atoms with Gasteiger partial charge in [-0.3, -0.25) is 10.1 Å². The normalized spacial score (nSPS) is 9.76. The average Bonchev–Trinajstić information content (AvgIpc) is 2.51. The van der Waals surface area contributed by atoms with Gasteiger partial charge in [-0.15, -0.1) is 11.8 Å². The van der Waals surface area contributed by atoms with Gasteiger partial charge in [-0.1, -0.05) is 36.1 Å². The van der Waals surface area contributed by atoms with Gasteiger partial charge >= 0.3 is 0 Å². The first-order valence-electron chi connectivity index (χ1n) is 6.35. The van der Waals surface area contributed by atoms with Crippen molar-refractivity contribution in [3.05, 3.63) is 69.8 Å². The fourth-order valence-electron chi connectivity index (χ4n) is 1.78. The Labute approximate surface area is 127 Å². The van der Waals surface area contributed by atoms with E-state index in [1.807, 2.05) is 24.3 Å². The monoisotopic (exact) mass is 298 g/mol. The molecule has 5 heteroatoms. The van der Waals surface area contributed by atoms with Crippen LogP contribution in [0.5, 0.6) is 0 Å². The molecule has 2 N–H and O–H groups in total. The van der Waals surface area contributed by atoms with Crippen LogP contribution in [0.2, 0.25) is 0 Å². The van der Waals surface area contributed by atoms with Crippen LogP contribution >= 0.6 is 11.8 Å². The molecule has 0 aliphatic carbocycles. The highest BCUT2D eigenvalue weighted by Gasteiger charge is 2.12. The second kappa shape index (κ2) is 7.48. The van der Waals surface area contributed by atoms with Crippen molar-refractivity contribution >= 4 is 17.4 Å². The van der Waals surface area contributed by atoms with E-state index in [1.54, 1.807) is 18.2 Å². The summed E-state index contributed by atoms with van der Waals surface area (Å²) < 4.78 is 0. The molecular formula is C16H14N2O2S. The number of hydrogen-bond donors (Lipinski definition) is 1. The summed E-state index contributed by atoms with van der Waals surface area (Å²) in [6.45, 7) is 0.329. The van der Waals surface area contributed by atoms with Gasteiger partial charge in [-0.25, -0.2) is 0 Å². The summed E-state index contributed by atoms with van der Waals surface area (Å²) in [7, 11) is 0. The minimum Gasteiger partial charge on any atom is -0.320 e. The molecule has 0 amide bonds. The summed E-state index contributed by atoms with van der Waals surface area (Å²) >= 11 is 1.45. The predicted molar refractivity (Wildman–Crippen MR) is 85.0 cm³/mol. The Balaban J connectivity index is 2.12. The number of nitro groups is 1. The van der Waals surface area contributed by atoms with Gasteiger partial charge in [-0.05, 0) is 23.8 Å². The summed E-state index contributed by atoms with van der Waals surface area (Å²) in [5, 5.41) is 11.0. The first-order chi connectivity index (χ1) is 10.2. The number of benzene rings is 2. The second-order valence-corrected chi connectivity index (χ2v) is 5.24. The molecule has 0 heterocycles. The molecule has 0 aliphatic heterocycles. The molecule has 0 saturated carbocycles. The Hall–Kier alpha value is -2.29. The molecule has 0 saturated heterocycles. The van der Waals surface area contributed by atoms with Crippen molar-refractivity contribution in [2.45, 2.75) is 10.6 Å². The van der Waals surface area contributed by atoms with Gasteiger partial charge in [0.1, 0.15) is 0 Å². The molecule has 4 nitrogen and oxygen atoms in total. The van der Waals surface area contributed by atoms with Crippen LogP contribution in [0.15, 0.2) is 53.4 Å². The molecule has 2 aromatic rings. The molecule has 0 unspecified atom stereocenters. The number of nitrogens with two attached hydrogens (primary N) is 1. The molecule has 0 aliphatic rings. The third kappa shape index (κ3) is 4.35. The predicted octanol–water partition coefficient (Wildman–Crippen LogP) is 3.20. The number of nitrogens with zero attached hydrogens (tertiary/aromatic N) is 1. The molecule has 2 rings (SSSR count). The highest BCUT2D eigenvalue weighted by atomic mass is 32.2. The van der Waals surface area contributed by atoms with Crippen LogP contribution in [-0.2, 0) is 5.75 Å². The summed E-state index contributed by atoms with van der Waals surface area (Å²) in [4.78, 5) is 11.3. The molecule has 2 aromatic carbocycles. The maximum atomic E-state index is 11.0. The lowest BCUT2D eigenvalue weighted by atomic mass is 10.1. The molecular weight excluding hydrogens is 284 g/mol. The molecule has 0 bridgehead atoms. The van der Waals surface area contributed by atoms with Crippen molar-refractivity contribution in [3.63, 3.8) is 0 Å². The van der Waals surface area contributed by atoms with Gasteiger partial charge in [0, 0.05) is 17.4 Å². The average molecular weight is 298 g/mol. The van der Waals surface area contributed by atoms with E-state index in [0.29, 0.717) is 17.2 Å². The fourth-order valence-corrected chi connectivity index (χ4v) is 2.75. The van der Waals surface area contributed by atoms with Gasteiger partial charge < -0.3 is 5.73 Å². The van der Waals surface area contributed by atoms with E-state index in [9.17, 15) is 10.1 Å². The molecule has 0 fully saturated rings. The van der Waals surface area contributed by atoms with Crippen LogP contribution in [-0.4, -0.2) is 11.5 Å². The number of rotatable bonds is 4. The van der Waals surface area contributed by atoms with Crippen LogP contribution in [0.4, 0.5) is 5.69 Å². The second-order valence-electron chi connectivity index (χ2n) is 4.22. The van der Waals surface area contributed by atoms with Crippen LogP contribution in [0.1, 0.15) is 11.1 Å². The van der Waals surface area contributed by atoms with E-state index < -0.39 is 0 Å². The van der Waals surface area contributed by atoms with Crippen LogP contribution in [0.25, 0.3) is 0 Å². The standard InChI is InChI=1S/C16H14N2O2S/c17-10-4-7-13-5-3-6-14(11-13)12-21-16-9-2-1-8-15(16)18(19)20/h1-3,5-6,8-9,11H,10,12,17H2. The molecule has 0 spiro atoms. The van der Waals surface area contributed by atoms with Crippen molar-refractivity contribution in [2.75, 3.05) is 6.54 Å². The number of hydrogen-bond acceptors (Lipinski definition) is 4. The van der Waals surface area contributed by atoms with E-state index in [0.717, 1.165) is 11.1 Å². The Morgan fingerprint density at radius 3 is 2.76 bits per heavy atom. The molecule has 0 aromatic heterocycles. The molecule has 106 valence electrons. The largest absolute Gasteiger partial charge is 0.320 e. The Bertz CT molecular complexity index is 705. The minimum absolute atomic E-state index is 0.140. The number of thioether (sulfide) groups is 1. The quantitative estimate of drug-likeness (QED) is 0.407. The Morgan fingerprint density at radius 1 is 1.19 bits per heavy atom. The number of para-hydroxylation sites is 1. The van der Waals surface area contributed by atoms with Crippen molar-refractivity contribution < 1.29 is 4.92 Å². The van der Waals surface area contributed by atoms with Crippen molar-refractivity contribution in [1.29, 1.82) is 0 Å². The Kier molecular flexibility index (Phi) is 5.38. The zero-order valence-electron chi connectivity index (χ0n) is 11.3.